The zero-order chi connectivity index (χ0) is 16.1. The summed E-state index contributed by atoms with van der Waals surface area (Å²) in [5, 5.41) is 0. The molecule has 0 saturated carbocycles. The van der Waals surface area contributed by atoms with Crippen molar-refractivity contribution in [3.05, 3.63) is 0 Å². The summed E-state index contributed by atoms with van der Waals surface area (Å²) < 4.78 is 21.3. The average molecular weight is 304 g/mol. The third-order valence-corrected chi connectivity index (χ3v) is 2.71. The standard InChI is InChI=1S/C16H32O5/c1-6-14(2)13-20-12-11-19-10-9-18-8-7-15(17)21-16(3,4)5/h14H,6-13H2,1-5H3. The van der Waals surface area contributed by atoms with Crippen LogP contribution in [-0.4, -0.2) is 51.2 Å². The van der Waals surface area contributed by atoms with Crippen LogP contribution in [0.3, 0.4) is 0 Å². The minimum absolute atomic E-state index is 0.234. The lowest BCUT2D eigenvalue weighted by atomic mass is 10.1. The highest BCUT2D eigenvalue weighted by atomic mass is 16.6. The summed E-state index contributed by atoms with van der Waals surface area (Å²) in [6.07, 6.45) is 1.40. The molecular formula is C16H32O5. The minimum Gasteiger partial charge on any atom is -0.460 e. The second-order valence-electron chi connectivity index (χ2n) is 6.15. The lowest BCUT2D eigenvalue weighted by molar-refractivity contribution is -0.156. The number of hydrogen-bond acceptors (Lipinski definition) is 5. The van der Waals surface area contributed by atoms with Crippen molar-refractivity contribution in [1.29, 1.82) is 0 Å². The second-order valence-corrected chi connectivity index (χ2v) is 6.15. The second kappa shape index (κ2) is 12.0. The summed E-state index contributed by atoms with van der Waals surface area (Å²) in [4.78, 5) is 11.4. The van der Waals surface area contributed by atoms with Crippen LogP contribution in [0.5, 0.6) is 0 Å². The molecule has 0 aromatic heterocycles. The maximum Gasteiger partial charge on any atom is 0.308 e. The monoisotopic (exact) mass is 304 g/mol. The van der Waals surface area contributed by atoms with E-state index in [1.807, 2.05) is 20.8 Å². The largest absolute Gasteiger partial charge is 0.460 e. The fourth-order valence-electron chi connectivity index (χ4n) is 1.39. The molecule has 0 saturated heterocycles. The van der Waals surface area contributed by atoms with Crippen molar-refractivity contribution in [3.63, 3.8) is 0 Å². The summed E-state index contributed by atoms with van der Waals surface area (Å²) in [7, 11) is 0. The van der Waals surface area contributed by atoms with Crippen LogP contribution in [0.2, 0.25) is 0 Å². The summed E-state index contributed by atoms with van der Waals surface area (Å²) in [5.41, 5.74) is -0.435. The van der Waals surface area contributed by atoms with Crippen molar-refractivity contribution in [2.45, 2.75) is 53.1 Å². The zero-order valence-electron chi connectivity index (χ0n) is 14.3. The van der Waals surface area contributed by atoms with E-state index in [1.54, 1.807) is 0 Å². The van der Waals surface area contributed by atoms with Gasteiger partial charge in [-0.1, -0.05) is 20.3 Å². The highest BCUT2D eigenvalue weighted by molar-refractivity contribution is 5.69. The van der Waals surface area contributed by atoms with Gasteiger partial charge in [0.2, 0.25) is 0 Å². The molecule has 1 atom stereocenters. The first kappa shape index (κ1) is 20.3. The van der Waals surface area contributed by atoms with E-state index in [4.69, 9.17) is 18.9 Å². The molecule has 0 radical (unpaired) electrons. The van der Waals surface area contributed by atoms with Crippen LogP contribution in [0.4, 0.5) is 0 Å². The molecule has 0 bridgehead atoms. The van der Waals surface area contributed by atoms with Gasteiger partial charge in [0, 0.05) is 6.61 Å². The zero-order valence-corrected chi connectivity index (χ0v) is 14.3. The SMILES string of the molecule is CCC(C)COCCOCCOCCC(=O)OC(C)(C)C. The number of carbonyl (C=O) groups is 1. The summed E-state index contributed by atoms with van der Waals surface area (Å²) in [6, 6.07) is 0. The van der Waals surface area contributed by atoms with Crippen molar-refractivity contribution < 1.29 is 23.7 Å². The highest BCUT2D eigenvalue weighted by Gasteiger charge is 2.15. The molecule has 0 fully saturated rings. The van der Waals surface area contributed by atoms with Gasteiger partial charge in [-0.25, -0.2) is 0 Å². The van der Waals surface area contributed by atoms with Gasteiger partial charge in [-0.05, 0) is 26.7 Å². The van der Waals surface area contributed by atoms with E-state index in [1.165, 1.54) is 0 Å². The molecule has 0 aliphatic carbocycles. The van der Waals surface area contributed by atoms with Gasteiger partial charge in [-0.15, -0.1) is 0 Å². The lowest BCUT2D eigenvalue weighted by Gasteiger charge is -2.19. The van der Waals surface area contributed by atoms with Gasteiger partial charge in [0.1, 0.15) is 5.60 Å². The quantitative estimate of drug-likeness (QED) is 0.410. The summed E-state index contributed by atoms with van der Waals surface area (Å²) in [6.45, 7) is 13.2. The van der Waals surface area contributed by atoms with Crippen molar-refractivity contribution in [1.82, 2.24) is 0 Å². The topological polar surface area (TPSA) is 54.0 Å². The first-order valence-electron chi connectivity index (χ1n) is 7.80. The molecule has 126 valence electrons. The first-order valence-corrected chi connectivity index (χ1v) is 7.80. The van der Waals surface area contributed by atoms with E-state index in [9.17, 15) is 4.79 Å². The molecule has 0 N–H and O–H groups in total. The fourth-order valence-corrected chi connectivity index (χ4v) is 1.39. The Labute approximate surface area is 129 Å². The van der Waals surface area contributed by atoms with Crippen molar-refractivity contribution in [2.24, 2.45) is 5.92 Å². The fraction of sp³-hybridized carbons (Fsp3) is 0.938. The molecule has 1 unspecified atom stereocenters. The molecule has 0 rings (SSSR count). The normalized spacial score (nSPS) is 13.2. The van der Waals surface area contributed by atoms with Crippen LogP contribution in [0, 0.1) is 5.92 Å². The van der Waals surface area contributed by atoms with Crippen molar-refractivity contribution >= 4 is 5.97 Å². The van der Waals surface area contributed by atoms with Gasteiger partial charge in [-0.2, -0.15) is 0 Å². The van der Waals surface area contributed by atoms with Gasteiger partial charge < -0.3 is 18.9 Å². The molecule has 0 heterocycles. The highest BCUT2D eigenvalue weighted by Crippen LogP contribution is 2.08. The van der Waals surface area contributed by atoms with Crippen molar-refractivity contribution in [2.75, 3.05) is 39.6 Å². The lowest BCUT2D eigenvalue weighted by Crippen LogP contribution is -2.24. The van der Waals surface area contributed by atoms with Gasteiger partial charge in [-0.3, -0.25) is 4.79 Å². The van der Waals surface area contributed by atoms with E-state index < -0.39 is 5.60 Å². The molecule has 0 amide bonds. The molecule has 0 aliphatic rings. The molecule has 5 heteroatoms. The maximum atomic E-state index is 11.4. The van der Waals surface area contributed by atoms with Gasteiger partial charge in [0.25, 0.3) is 0 Å². The number of esters is 1. The molecule has 0 spiro atoms. The Balaban J connectivity index is 3.24. The molecule has 5 nitrogen and oxygen atoms in total. The minimum atomic E-state index is -0.435. The van der Waals surface area contributed by atoms with E-state index in [0.29, 0.717) is 39.0 Å². The number of carbonyl (C=O) groups excluding carboxylic acids is 1. The van der Waals surface area contributed by atoms with E-state index in [-0.39, 0.29) is 12.4 Å². The number of rotatable bonds is 12. The third kappa shape index (κ3) is 15.6. The van der Waals surface area contributed by atoms with Crippen LogP contribution >= 0.6 is 0 Å². The third-order valence-electron chi connectivity index (χ3n) is 2.71. The smallest absolute Gasteiger partial charge is 0.308 e. The van der Waals surface area contributed by atoms with E-state index in [0.717, 1.165) is 13.0 Å². The Bertz CT molecular complexity index is 260. The van der Waals surface area contributed by atoms with Gasteiger partial charge in [0.15, 0.2) is 0 Å². The molecule has 0 aromatic carbocycles. The maximum absolute atomic E-state index is 11.4. The van der Waals surface area contributed by atoms with Crippen LogP contribution in [-0.2, 0) is 23.7 Å². The van der Waals surface area contributed by atoms with Crippen LogP contribution in [0.25, 0.3) is 0 Å². The van der Waals surface area contributed by atoms with Crippen LogP contribution in [0.15, 0.2) is 0 Å². The van der Waals surface area contributed by atoms with Crippen LogP contribution in [0.1, 0.15) is 47.5 Å². The van der Waals surface area contributed by atoms with Gasteiger partial charge in [0.05, 0.1) is 39.5 Å². The Hall–Kier alpha value is -0.650. The summed E-state index contributed by atoms with van der Waals surface area (Å²) >= 11 is 0. The Morgan fingerprint density at radius 1 is 0.952 bits per heavy atom. The van der Waals surface area contributed by atoms with Gasteiger partial charge >= 0.3 is 5.97 Å². The predicted molar refractivity (Wildman–Crippen MR) is 82.4 cm³/mol. The van der Waals surface area contributed by atoms with E-state index in [2.05, 4.69) is 13.8 Å². The van der Waals surface area contributed by atoms with E-state index >= 15 is 0 Å². The van der Waals surface area contributed by atoms with Crippen molar-refractivity contribution in [3.8, 4) is 0 Å². The molecule has 0 aliphatic heterocycles. The molecule has 0 aromatic rings. The Morgan fingerprint density at radius 2 is 1.48 bits per heavy atom. The first-order chi connectivity index (χ1) is 9.85. The number of ether oxygens (including phenoxy) is 4. The number of hydrogen-bond donors (Lipinski definition) is 0. The Morgan fingerprint density at radius 3 is 2.00 bits per heavy atom. The summed E-state index contributed by atoms with van der Waals surface area (Å²) in [5.74, 6) is 0.364. The molecular weight excluding hydrogens is 272 g/mol. The molecule has 21 heavy (non-hydrogen) atoms. The average Bonchev–Trinajstić information content (AvgIpc) is 2.38. The van der Waals surface area contributed by atoms with Crippen LogP contribution < -0.4 is 0 Å². The Kier molecular flexibility index (Phi) is 11.6. The predicted octanol–water partition coefficient (Wildman–Crippen LogP) is 2.81.